The highest BCUT2D eigenvalue weighted by Gasteiger charge is 2.14. The van der Waals surface area contributed by atoms with Crippen LogP contribution in [0.1, 0.15) is 10.6 Å². The highest BCUT2D eigenvalue weighted by Crippen LogP contribution is 2.28. The standard InChI is InChI=1S/C11H7Cl2NO3/c12-6-1-2-8(7(13)5-6)17-11(15)9-3-4-10(14)16-9/h1-5H,14H2. The van der Waals surface area contributed by atoms with Crippen LogP contribution < -0.4 is 10.5 Å². The van der Waals surface area contributed by atoms with Crippen LogP contribution >= 0.6 is 23.2 Å². The number of rotatable bonds is 2. The molecule has 2 N–H and O–H groups in total. The van der Waals surface area contributed by atoms with Crippen LogP contribution in [0.3, 0.4) is 0 Å². The molecule has 4 nitrogen and oxygen atoms in total. The maximum atomic E-state index is 11.6. The molecule has 17 heavy (non-hydrogen) atoms. The van der Waals surface area contributed by atoms with E-state index in [9.17, 15) is 4.79 Å². The Morgan fingerprint density at radius 1 is 1.24 bits per heavy atom. The number of carbonyl (C=O) groups is 1. The number of hydrogen-bond acceptors (Lipinski definition) is 4. The van der Waals surface area contributed by atoms with Gasteiger partial charge in [0.2, 0.25) is 5.76 Å². The van der Waals surface area contributed by atoms with Crippen molar-refractivity contribution in [1.29, 1.82) is 0 Å². The summed E-state index contributed by atoms with van der Waals surface area (Å²) >= 11 is 11.6. The number of esters is 1. The molecule has 6 heteroatoms. The second-order valence-electron chi connectivity index (χ2n) is 3.17. The van der Waals surface area contributed by atoms with Crippen LogP contribution in [0.4, 0.5) is 5.88 Å². The molecule has 0 radical (unpaired) electrons. The molecule has 0 saturated carbocycles. The van der Waals surface area contributed by atoms with Gasteiger partial charge in [-0.1, -0.05) is 23.2 Å². The van der Waals surface area contributed by atoms with Crippen molar-refractivity contribution in [3.05, 3.63) is 46.1 Å². The molecule has 2 aromatic rings. The van der Waals surface area contributed by atoms with E-state index in [1.54, 1.807) is 6.07 Å². The lowest BCUT2D eigenvalue weighted by molar-refractivity contribution is 0.0703. The number of carbonyl (C=O) groups excluding carboxylic acids is 1. The minimum Gasteiger partial charge on any atom is -0.434 e. The van der Waals surface area contributed by atoms with Crippen molar-refractivity contribution in [2.24, 2.45) is 0 Å². The SMILES string of the molecule is Nc1ccc(C(=O)Oc2ccc(Cl)cc2Cl)o1. The van der Waals surface area contributed by atoms with Gasteiger partial charge in [-0.25, -0.2) is 4.79 Å². The lowest BCUT2D eigenvalue weighted by atomic mass is 10.3. The van der Waals surface area contributed by atoms with Gasteiger partial charge in [0, 0.05) is 11.1 Å². The van der Waals surface area contributed by atoms with Crippen LogP contribution in [0.5, 0.6) is 5.75 Å². The number of benzene rings is 1. The second-order valence-corrected chi connectivity index (χ2v) is 4.01. The van der Waals surface area contributed by atoms with Gasteiger partial charge in [0.25, 0.3) is 0 Å². The summed E-state index contributed by atoms with van der Waals surface area (Å²) in [6.07, 6.45) is 0. The highest BCUT2D eigenvalue weighted by atomic mass is 35.5. The van der Waals surface area contributed by atoms with Gasteiger partial charge >= 0.3 is 5.97 Å². The van der Waals surface area contributed by atoms with Gasteiger partial charge in [0.15, 0.2) is 5.88 Å². The third-order valence-corrected chi connectivity index (χ3v) is 2.46. The number of anilines is 1. The zero-order valence-electron chi connectivity index (χ0n) is 8.44. The molecule has 0 aliphatic carbocycles. The fourth-order valence-corrected chi connectivity index (χ4v) is 1.62. The summed E-state index contributed by atoms with van der Waals surface area (Å²) in [4.78, 5) is 11.6. The smallest absolute Gasteiger partial charge is 0.379 e. The topological polar surface area (TPSA) is 65.5 Å². The molecular formula is C11H7Cl2NO3. The first kappa shape index (κ1) is 11.8. The molecule has 0 atom stereocenters. The Labute approximate surface area is 107 Å². The number of hydrogen-bond donors (Lipinski definition) is 1. The maximum absolute atomic E-state index is 11.6. The summed E-state index contributed by atoms with van der Waals surface area (Å²) in [7, 11) is 0. The predicted octanol–water partition coefficient (Wildman–Crippen LogP) is 3.39. The number of nitrogens with two attached hydrogens (primary N) is 1. The molecule has 1 aromatic heterocycles. The minimum absolute atomic E-state index is 0.00789. The van der Waals surface area contributed by atoms with Crippen molar-refractivity contribution in [3.8, 4) is 5.75 Å². The fraction of sp³-hybridized carbons (Fsp3) is 0. The third-order valence-electron chi connectivity index (χ3n) is 1.92. The quantitative estimate of drug-likeness (QED) is 0.672. The molecule has 0 aliphatic rings. The predicted molar refractivity (Wildman–Crippen MR) is 64.5 cm³/mol. The van der Waals surface area contributed by atoms with Crippen molar-refractivity contribution in [1.82, 2.24) is 0 Å². The normalized spacial score (nSPS) is 10.2. The zero-order valence-corrected chi connectivity index (χ0v) is 9.96. The van der Waals surface area contributed by atoms with E-state index >= 15 is 0 Å². The van der Waals surface area contributed by atoms with E-state index in [2.05, 4.69) is 0 Å². The van der Waals surface area contributed by atoms with E-state index in [-0.39, 0.29) is 22.4 Å². The van der Waals surface area contributed by atoms with Crippen molar-refractivity contribution < 1.29 is 13.9 Å². The summed E-state index contributed by atoms with van der Waals surface area (Å²) in [5.41, 5.74) is 5.34. The zero-order chi connectivity index (χ0) is 12.4. The Bertz CT molecular complexity index is 566. The molecule has 0 aliphatic heterocycles. The minimum atomic E-state index is -0.675. The van der Waals surface area contributed by atoms with E-state index in [0.717, 1.165) is 0 Å². The van der Waals surface area contributed by atoms with Gasteiger partial charge in [0.1, 0.15) is 5.75 Å². The van der Waals surface area contributed by atoms with Gasteiger partial charge in [-0.05, 0) is 24.3 Å². The lowest BCUT2D eigenvalue weighted by Crippen LogP contribution is -2.07. The Balaban J connectivity index is 2.18. The summed E-state index contributed by atoms with van der Waals surface area (Å²) in [5, 5.41) is 0.697. The van der Waals surface area contributed by atoms with E-state index < -0.39 is 5.97 Å². The first-order chi connectivity index (χ1) is 8.06. The van der Waals surface area contributed by atoms with E-state index in [4.69, 9.17) is 38.1 Å². The third kappa shape index (κ3) is 2.72. The second kappa shape index (κ2) is 4.69. The number of nitrogen functional groups attached to an aromatic ring is 1. The van der Waals surface area contributed by atoms with Crippen LogP contribution in [0.2, 0.25) is 10.0 Å². The van der Waals surface area contributed by atoms with Crippen LogP contribution in [0.25, 0.3) is 0 Å². The lowest BCUT2D eigenvalue weighted by Gasteiger charge is -2.04. The van der Waals surface area contributed by atoms with Crippen molar-refractivity contribution in [2.75, 3.05) is 5.73 Å². The molecule has 0 saturated heterocycles. The molecule has 0 unspecified atom stereocenters. The summed E-state index contributed by atoms with van der Waals surface area (Å²) in [6.45, 7) is 0. The van der Waals surface area contributed by atoms with E-state index in [1.807, 2.05) is 0 Å². The first-order valence-electron chi connectivity index (χ1n) is 4.59. The van der Waals surface area contributed by atoms with Crippen LogP contribution in [-0.4, -0.2) is 5.97 Å². The molecule has 1 heterocycles. The number of ether oxygens (including phenoxy) is 1. The molecule has 2 rings (SSSR count). The number of halogens is 2. The Kier molecular flexibility index (Phi) is 3.26. The van der Waals surface area contributed by atoms with E-state index in [0.29, 0.717) is 5.02 Å². The monoisotopic (exact) mass is 271 g/mol. The first-order valence-corrected chi connectivity index (χ1v) is 5.34. The Morgan fingerprint density at radius 3 is 2.59 bits per heavy atom. The molecule has 0 fully saturated rings. The van der Waals surface area contributed by atoms with Crippen molar-refractivity contribution in [3.63, 3.8) is 0 Å². The Hall–Kier alpha value is -1.65. The molecular weight excluding hydrogens is 265 g/mol. The van der Waals surface area contributed by atoms with Crippen LogP contribution in [0, 0.1) is 0 Å². The molecule has 88 valence electrons. The van der Waals surface area contributed by atoms with Crippen molar-refractivity contribution in [2.45, 2.75) is 0 Å². The molecule has 1 aromatic carbocycles. The summed E-state index contributed by atoms with van der Waals surface area (Å²) in [5.74, 6) is -0.324. The molecule has 0 spiro atoms. The summed E-state index contributed by atoms with van der Waals surface area (Å²) in [6, 6.07) is 7.41. The maximum Gasteiger partial charge on any atom is 0.379 e. The van der Waals surface area contributed by atoms with Gasteiger partial charge in [-0.2, -0.15) is 0 Å². The van der Waals surface area contributed by atoms with Crippen LogP contribution in [-0.2, 0) is 0 Å². The van der Waals surface area contributed by atoms with Gasteiger partial charge in [-0.15, -0.1) is 0 Å². The van der Waals surface area contributed by atoms with Crippen LogP contribution in [0.15, 0.2) is 34.7 Å². The highest BCUT2D eigenvalue weighted by molar-refractivity contribution is 6.35. The Morgan fingerprint density at radius 2 is 2.00 bits per heavy atom. The largest absolute Gasteiger partial charge is 0.434 e. The molecule has 0 bridgehead atoms. The summed E-state index contributed by atoms with van der Waals surface area (Å²) < 4.78 is 9.94. The van der Waals surface area contributed by atoms with Gasteiger partial charge < -0.3 is 14.9 Å². The number of furan rings is 1. The average molecular weight is 272 g/mol. The van der Waals surface area contributed by atoms with Crippen molar-refractivity contribution >= 4 is 35.1 Å². The van der Waals surface area contributed by atoms with E-state index in [1.165, 1.54) is 24.3 Å². The average Bonchev–Trinajstić information content (AvgIpc) is 2.69. The molecule has 0 amide bonds. The van der Waals surface area contributed by atoms with Gasteiger partial charge in [-0.3, -0.25) is 0 Å². The van der Waals surface area contributed by atoms with Gasteiger partial charge in [0.05, 0.1) is 5.02 Å². The fourth-order valence-electron chi connectivity index (χ4n) is 1.17.